The van der Waals surface area contributed by atoms with E-state index in [-0.39, 0.29) is 12.4 Å². The van der Waals surface area contributed by atoms with E-state index in [2.05, 4.69) is 0 Å². The number of Topliss-reactive ketones (excluding diaryl/α,β-unsaturated/α-hetero) is 1. The van der Waals surface area contributed by atoms with Crippen LogP contribution in [0.4, 0.5) is 0 Å². The molecule has 0 fully saturated rings. The lowest BCUT2D eigenvalue weighted by molar-refractivity contribution is -0.485. The average Bonchev–Trinajstić information content (AvgIpc) is 2.51. The highest BCUT2D eigenvalue weighted by molar-refractivity contribution is 6.05. The van der Waals surface area contributed by atoms with E-state index < -0.39 is 34.7 Å². The average molecular weight is 321 g/mol. The molecule has 23 heavy (non-hydrogen) atoms. The van der Waals surface area contributed by atoms with Crippen molar-refractivity contribution in [3.63, 3.8) is 0 Å². The van der Waals surface area contributed by atoms with Gasteiger partial charge in [0.25, 0.3) is 0 Å². The van der Waals surface area contributed by atoms with E-state index >= 15 is 0 Å². The number of hydrogen-bond donors (Lipinski definition) is 0. The standard InChI is InChI=1S/C17H23NO5/c1-5-23-16(20)17(4,15(19)12(2)3)14(11-18(21)22)13-9-7-6-8-10-13/h6-10,12,14H,5,11H2,1-4H3/t14-,17?/m0/s1. The van der Waals surface area contributed by atoms with Crippen molar-refractivity contribution >= 4 is 11.8 Å². The second-order valence-corrected chi connectivity index (χ2v) is 5.92. The fourth-order valence-electron chi connectivity index (χ4n) is 2.75. The fourth-order valence-corrected chi connectivity index (χ4v) is 2.75. The summed E-state index contributed by atoms with van der Waals surface area (Å²) in [5, 5.41) is 11.1. The smallest absolute Gasteiger partial charge is 0.320 e. The zero-order valence-corrected chi connectivity index (χ0v) is 13.9. The van der Waals surface area contributed by atoms with Gasteiger partial charge in [-0.1, -0.05) is 44.2 Å². The van der Waals surface area contributed by atoms with Crippen molar-refractivity contribution in [2.75, 3.05) is 13.2 Å². The molecule has 0 amide bonds. The number of nitro groups is 1. The highest BCUT2D eigenvalue weighted by atomic mass is 16.6. The summed E-state index contributed by atoms with van der Waals surface area (Å²) in [5.41, 5.74) is -1.02. The van der Waals surface area contributed by atoms with E-state index in [9.17, 15) is 19.7 Å². The lowest BCUT2D eigenvalue weighted by atomic mass is 9.68. The van der Waals surface area contributed by atoms with E-state index in [4.69, 9.17) is 4.74 Å². The zero-order valence-electron chi connectivity index (χ0n) is 13.9. The number of nitrogens with zero attached hydrogens (tertiary/aromatic N) is 1. The monoisotopic (exact) mass is 321 g/mol. The number of rotatable bonds is 8. The molecule has 0 saturated heterocycles. The molecule has 0 bridgehead atoms. The molecular formula is C17H23NO5. The zero-order chi connectivity index (χ0) is 17.6. The molecule has 6 nitrogen and oxygen atoms in total. The van der Waals surface area contributed by atoms with Gasteiger partial charge in [0.15, 0.2) is 5.78 Å². The molecule has 0 aliphatic rings. The van der Waals surface area contributed by atoms with Crippen molar-refractivity contribution in [3.8, 4) is 0 Å². The quantitative estimate of drug-likeness (QED) is 0.318. The second-order valence-electron chi connectivity index (χ2n) is 5.92. The number of ether oxygens (including phenoxy) is 1. The summed E-state index contributed by atoms with van der Waals surface area (Å²) in [7, 11) is 0. The normalized spacial score (nSPS) is 14.8. The van der Waals surface area contributed by atoms with Gasteiger partial charge in [-0.05, 0) is 19.4 Å². The molecule has 1 aromatic rings. The van der Waals surface area contributed by atoms with Crippen LogP contribution >= 0.6 is 0 Å². The van der Waals surface area contributed by atoms with Gasteiger partial charge in [0.05, 0.1) is 12.5 Å². The molecule has 0 aliphatic carbocycles. The van der Waals surface area contributed by atoms with Gasteiger partial charge in [0.1, 0.15) is 5.41 Å². The Morgan fingerprint density at radius 2 is 1.83 bits per heavy atom. The Labute approximate surface area is 136 Å². The van der Waals surface area contributed by atoms with Crippen molar-refractivity contribution in [1.82, 2.24) is 0 Å². The predicted molar refractivity (Wildman–Crippen MR) is 85.6 cm³/mol. The first-order valence-electron chi connectivity index (χ1n) is 7.63. The van der Waals surface area contributed by atoms with Crippen molar-refractivity contribution in [1.29, 1.82) is 0 Å². The van der Waals surface area contributed by atoms with E-state index in [1.54, 1.807) is 51.1 Å². The number of hydrogen-bond acceptors (Lipinski definition) is 5. The summed E-state index contributed by atoms with van der Waals surface area (Å²) in [4.78, 5) is 35.9. The Balaban J connectivity index is 3.46. The summed E-state index contributed by atoms with van der Waals surface area (Å²) in [5.74, 6) is -2.39. The molecule has 2 atom stereocenters. The molecule has 0 aromatic heterocycles. The molecule has 0 aliphatic heterocycles. The molecule has 1 unspecified atom stereocenters. The molecule has 0 radical (unpaired) electrons. The van der Waals surface area contributed by atoms with E-state index in [1.165, 1.54) is 6.92 Å². The highest BCUT2D eigenvalue weighted by Gasteiger charge is 2.52. The van der Waals surface area contributed by atoms with E-state index in [0.717, 1.165) is 0 Å². The number of esters is 1. The first-order chi connectivity index (χ1) is 10.7. The van der Waals surface area contributed by atoms with Gasteiger partial charge in [0, 0.05) is 10.8 Å². The van der Waals surface area contributed by atoms with Crippen LogP contribution in [-0.4, -0.2) is 29.8 Å². The van der Waals surface area contributed by atoms with Gasteiger partial charge in [-0.3, -0.25) is 19.7 Å². The van der Waals surface area contributed by atoms with Crippen LogP contribution in [0.5, 0.6) is 0 Å². The minimum atomic E-state index is -1.60. The summed E-state index contributed by atoms with van der Waals surface area (Å²) in [6, 6.07) is 8.62. The lowest BCUT2D eigenvalue weighted by Crippen LogP contribution is -2.47. The Bertz CT molecular complexity index is 570. The number of carbonyl (C=O) groups excluding carboxylic acids is 2. The molecule has 0 spiro atoms. The highest BCUT2D eigenvalue weighted by Crippen LogP contribution is 2.40. The van der Waals surface area contributed by atoms with Gasteiger partial charge >= 0.3 is 5.97 Å². The van der Waals surface area contributed by atoms with Gasteiger partial charge < -0.3 is 4.74 Å². The minimum Gasteiger partial charge on any atom is -0.465 e. The number of benzene rings is 1. The summed E-state index contributed by atoms with van der Waals surface area (Å²) >= 11 is 0. The van der Waals surface area contributed by atoms with Crippen LogP contribution in [0.1, 0.15) is 39.2 Å². The predicted octanol–water partition coefficient (Wildman–Crippen LogP) is 2.84. The van der Waals surface area contributed by atoms with Crippen LogP contribution in [0.15, 0.2) is 30.3 Å². The molecule has 1 rings (SSSR count). The number of ketones is 1. The fraction of sp³-hybridized carbons (Fsp3) is 0.529. The minimum absolute atomic E-state index is 0.111. The van der Waals surface area contributed by atoms with E-state index in [0.29, 0.717) is 5.56 Å². The maximum absolute atomic E-state index is 12.8. The first kappa shape index (κ1) is 18.8. The maximum atomic E-state index is 12.8. The summed E-state index contributed by atoms with van der Waals surface area (Å²) in [6.45, 7) is 6.04. The van der Waals surface area contributed by atoms with Gasteiger partial charge in [-0.25, -0.2) is 0 Å². The van der Waals surface area contributed by atoms with Gasteiger partial charge in [0.2, 0.25) is 6.54 Å². The third-order valence-corrected chi connectivity index (χ3v) is 3.97. The Kier molecular flexibility index (Phi) is 6.42. The van der Waals surface area contributed by atoms with Crippen molar-refractivity contribution in [2.45, 2.75) is 33.6 Å². The Morgan fingerprint density at radius 1 is 1.26 bits per heavy atom. The third kappa shape index (κ3) is 4.15. The summed E-state index contributed by atoms with van der Waals surface area (Å²) in [6.07, 6.45) is 0. The van der Waals surface area contributed by atoms with E-state index in [1.807, 2.05) is 0 Å². The molecule has 0 saturated carbocycles. The summed E-state index contributed by atoms with van der Waals surface area (Å²) < 4.78 is 5.08. The number of carbonyl (C=O) groups is 2. The van der Waals surface area contributed by atoms with Crippen molar-refractivity contribution < 1.29 is 19.2 Å². The van der Waals surface area contributed by atoms with Crippen LogP contribution < -0.4 is 0 Å². The van der Waals surface area contributed by atoms with Crippen LogP contribution in [0.2, 0.25) is 0 Å². The topological polar surface area (TPSA) is 86.5 Å². The largest absolute Gasteiger partial charge is 0.465 e. The molecule has 0 N–H and O–H groups in total. The molecule has 1 aromatic carbocycles. The van der Waals surface area contributed by atoms with Crippen molar-refractivity contribution in [3.05, 3.63) is 46.0 Å². The molecule has 126 valence electrons. The maximum Gasteiger partial charge on any atom is 0.320 e. The SMILES string of the molecule is CCOC(=O)C(C)(C(=O)C(C)C)[C@@H](C[N+](=O)[O-])c1ccccc1. The Morgan fingerprint density at radius 3 is 2.26 bits per heavy atom. The molecule has 0 heterocycles. The van der Waals surface area contributed by atoms with Crippen LogP contribution in [0.25, 0.3) is 0 Å². The Hall–Kier alpha value is -2.24. The first-order valence-corrected chi connectivity index (χ1v) is 7.63. The lowest BCUT2D eigenvalue weighted by Gasteiger charge is -2.33. The van der Waals surface area contributed by atoms with Gasteiger partial charge in [-0.2, -0.15) is 0 Å². The van der Waals surface area contributed by atoms with Crippen LogP contribution in [0, 0.1) is 21.4 Å². The molecular weight excluding hydrogens is 298 g/mol. The van der Waals surface area contributed by atoms with Crippen molar-refractivity contribution in [2.24, 2.45) is 11.3 Å². The van der Waals surface area contributed by atoms with Gasteiger partial charge in [-0.15, -0.1) is 0 Å². The van der Waals surface area contributed by atoms with Crippen LogP contribution in [0.3, 0.4) is 0 Å². The molecule has 6 heteroatoms. The second kappa shape index (κ2) is 7.85. The van der Waals surface area contributed by atoms with Crippen LogP contribution in [-0.2, 0) is 14.3 Å². The third-order valence-electron chi connectivity index (χ3n) is 3.97.